The lowest BCUT2D eigenvalue weighted by molar-refractivity contribution is -0.128. The maximum Gasteiger partial charge on any atom is 0.240 e. The second-order valence-electron chi connectivity index (χ2n) is 3.85. The van der Waals surface area contributed by atoms with Gasteiger partial charge in [0.25, 0.3) is 0 Å². The Morgan fingerprint density at radius 2 is 2.07 bits per heavy atom. The number of hydrogen-bond acceptors (Lipinski definition) is 3. The zero-order valence-corrected chi connectivity index (χ0v) is 7.83. The summed E-state index contributed by atoms with van der Waals surface area (Å²) in [6.45, 7) is 0. The largest absolute Gasteiger partial charge is 0.384 e. The number of alkyl halides is 2. The number of nitrogens with two attached hydrogens (primary N) is 1. The molecule has 0 bridgehead atoms. The molecule has 1 aliphatic carbocycles. The summed E-state index contributed by atoms with van der Waals surface area (Å²) >= 11 is 0. The lowest BCUT2D eigenvalue weighted by Gasteiger charge is -2.16. The highest BCUT2D eigenvalue weighted by atomic mass is 19.3. The van der Waals surface area contributed by atoms with E-state index >= 15 is 0 Å². The zero-order valence-electron chi connectivity index (χ0n) is 7.83. The van der Waals surface area contributed by atoms with Crippen LogP contribution in [0.5, 0.6) is 0 Å². The molecule has 3 N–H and O–H groups in total. The van der Waals surface area contributed by atoms with Crippen molar-refractivity contribution in [2.75, 3.05) is 0 Å². The molecule has 0 spiro atoms. The lowest BCUT2D eigenvalue weighted by atomic mass is 10.0. The van der Waals surface area contributed by atoms with E-state index in [-0.39, 0.29) is 6.42 Å². The van der Waals surface area contributed by atoms with Crippen LogP contribution in [0.1, 0.15) is 25.7 Å². The fourth-order valence-corrected chi connectivity index (χ4v) is 1.30. The van der Waals surface area contributed by atoms with Crippen molar-refractivity contribution in [3.05, 3.63) is 0 Å². The molecule has 0 aromatic rings. The van der Waals surface area contributed by atoms with Gasteiger partial charge in [0.05, 0.1) is 0 Å². The van der Waals surface area contributed by atoms with Gasteiger partial charge in [-0.1, -0.05) is 0 Å². The molecule has 2 unspecified atom stereocenters. The second-order valence-corrected chi connectivity index (χ2v) is 3.85. The fraction of sp³-hybridized carbons (Fsp3) is 0.889. The fourth-order valence-electron chi connectivity index (χ4n) is 1.30. The van der Waals surface area contributed by atoms with E-state index < -0.39 is 30.8 Å². The standard InChI is InChI=1S/C9H15F2NO2/c10-8(11)4-6(12)9(14)7(13)3-5-1-2-5/h5-6,8-9,14H,1-4,12H2. The molecule has 1 rings (SSSR count). The molecule has 0 aromatic heterocycles. The first-order valence-corrected chi connectivity index (χ1v) is 4.75. The molecule has 2 atom stereocenters. The first kappa shape index (κ1) is 11.5. The Hall–Kier alpha value is -0.550. The average Bonchev–Trinajstić information content (AvgIpc) is 2.85. The van der Waals surface area contributed by atoms with Gasteiger partial charge in [-0.3, -0.25) is 4.79 Å². The summed E-state index contributed by atoms with van der Waals surface area (Å²) < 4.78 is 23.8. The van der Waals surface area contributed by atoms with E-state index in [1.165, 1.54) is 0 Å². The van der Waals surface area contributed by atoms with E-state index in [2.05, 4.69) is 0 Å². The molecule has 0 aromatic carbocycles. The van der Waals surface area contributed by atoms with Crippen molar-refractivity contribution in [2.24, 2.45) is 11.7 Å². The highest BCUT2D eigenvalue weighted by Gasteiger charge is 2.31. The van der Waals surface area contributed by atoms with Gasteiger partial charge < -0.3 is 10.8 Å². The third-order valence-electron chi connectivity index (χ3n) is 2.37. The summed E-state index contributed by atoms with van der Waals surface area (Å²) in [5.74, 6) is -0.0588. The highest BCUT2D eigenvalue weighted by molar-refractivity contribution is 5.84. The minimum absolute atomic E-state index is 0.276. The summed E-state index contributed by atoms with van der Waals surface area (Å²) in [6, 6.07) is -1.14. The molecule has 0 amide bonds. The Labute approximate surface area is 81.3 Å². The van der Waals surface area contributed by atoms with Crippen molar-refractivity contribution in [3.63, 3.8) is 0 Å². The molecule has 0 saturated heterocycles. The Bertz CT molecular complexity index is 207. The zero-order chi connectivity index (χ0) is 10.7. The van der Waals surface area contributed by atoms with Gasteiger partial charge in [-0.05, 0) is 18.8 Å². The quantitative estimate of drug-likeness (QED) is 0.673. The number of rotatable bonds is 6. The third-order valence-corrected chi connectivity index (χ3v) is 2.37. The van der Waals surface area contributed by atoms with Gasteiger partial charge in [0, 0.05) is 18.9 Å². The monoisotopic (exact) mass is 207 g/mol. The number of carbonyl (C=O) groups is 1. The Morgan fingerprint density at radius 1 is 1.50 bits per heavy atom. The average molecular weight is 207 g/mol. The van der Waals surface area contributed by atoms with Crippen molar-refractivity contribution in [2.45, 2.75) is 44.3 Å². The van der Waals surface area contributed by atoms with Gasteiger partial charge in [0.15, 0.2) is 5.78 Å². The number of halogens is 2. The molecule has 1 aliphatic rings. The molecule has 1 saturated carbocycles. The number of Topliss-reactive ketones (excluding diaryl/α,β-unsaturated/α-hetero) is 1. The molecule has 14 heavy (non-hydrogen) atoms. The number of hydrogen-bond donors (Lipinski definition) is 2. The van der Waals surface area contributed by atoms with Crippen molar-refractivity contribution in [1.82, 2.24) is 0 Å². The van der Waals surface area contributed by atoms with Crippen LogP contribution in [0.3, 0.4) is 0 Å². The predicted molar refractivity (Wildman–Crippen MR) is 47.0 cm³/mol. The smallest absolute Gasteiger partial charge is 0.240 e. The topological polar surface area (TPSA) is 63.3 Å². The molecule has 3 nitrogen and oxygen atoms in total. The normalized spacial score (nSPS) is 20.9. The van der Waals surface area contributed by atoms with Crippen LogP contribution in [0.15, 0.2) is 0 Å². The van der Waals surface area contributed by atoms with Crippen molar-refractivity contribution in [3.8, 4) is 0 Å². The Balaban J connectivity index is 2.29. The molecular formula is C9H15F2NO2. The molecule has 82 valence electrons. The molecule has 1 fully saturated rings. The van der Waals surface area contributed by atoms with Crippen molar-refractivity contribution >= 4 is 5.78 Å². The van der Waals surface area contributed by atoms with Gasteiger partial charge in [0.2, 0.25) is 6.43 Å². The summed E-state index contributed by atoms with van der Waals surface area (Å²) in [6.07, 6.45) is -2.38. The molecule has 0 aliphatic heterocycles. The van der Waals surface area contributed by atoms with Crippen molar-refractivity contribution < 1.29 is 18.7 Å². The maximum absolute atomic E-state index is 11.9. The Kier molecular flexibility index (Phi) is 3.95. The molecule has 0 radical (unpaired) electrons. The van der Waals surface area contributed by atoms with Gasteiger partial charge >= 0.3 is 0 Å². The summed E-state index contributed by atoms with van der Waals surface area (Å²) in [5.41, 5.74) is 5.26. The van der Waals surface area contributed by atoms with E-state index in [9.17, 15) is 18.7 Å². The van der Waals surface area contributed by atoms with E-state index in [1.54, 1.807) is 0 Å². The van der Waals surface area contributed by atoms with E-state index in [4.69, 9.17) is 5.73 Å². The van der Waals surface area contributed by atoms with Crippen LogP contribution in [0.25, 0.3) is 0 Å². The van der Waals surface area contributed by atoms with Crippen LogP contribution >= 0.6 is 0 Å². The van der Waals surface area contributed by atoms with E-state index in [0.29, 0.717) is 5.92 Å². The van der Waals surface area contributed by atoms with Gasteiger partial charge in [-0.15, -0.1) is 0 Å². The third kappa shape index (κ3) is 3.67. The van der Waals surface area contributed by atoms with Gasteiger partial charge in [-0.2, -0.15) is 0 Å². The van der Waals surface area contributed by atoms with Crippen LogP contribution in [0.4, 0.5) is 8.78 Å². The molecular weight excluding hydrogens is 192 g/mol. The van der Waals surface area contributed by atoms with E-state index in [1.807, 2.05) is 0 Å². The summed E-state index contributed by atoms with van der Waals surface area (Å²) in [4.78, 5) is 11.2. The van der Waals surface area contributed by atoms with Crippen LogP contribution in [0.2, 0.25) is 0 Å². The van der Waals surface area contributed by atoms with Crippen LogP contribution in [0, 0.1) is 5.92 Å². The van der Waals surface area contributed by atoms with E-state index in [0.717, 1.165) is 12.8 Å². The van der Waals surface area contributed by atoms with Crippen LogP contribution in [-0.4, -0.2) is 29.5 Å². The first-order chi connectivity index (χ1) is 6.50. The van der Waals surface area contributed by atoms with Gasteiger partial charge in [0.1, 0.15) is 6.10 Å². The van der Waals surface area contributed by atoms with Gasteiger partial charge in [-0.25, -0.2) is 8.78 Å². The Morgan fingerprint density at radius 3 is 2.50 bits per heavy atom. The number of aliphatic hydroxyl groups is 1. The number of ketones is 1. The highest BCUT2D eigenvalue weighted by Crippen LogP contribution is 2.33. The predicted octanol–water partition coefficient (Wildman–Crippen LogP) is 0.699. The summed E-state index contributed by atoms with van der Waals surface area (Å²) in [7, 11) is 0. The minimum Gasteiger partial charge on any atom is -0.384 e. The first-order valence-electron chi connectivity index (χ1n) is 4.75. The van der Waals surface area contributed by atoms with Crippen LogP contribution in [-0.2, 0) is 4.79 Å². The number of aliphatic hydroxyl groups excluding tert-OH is 1. The number of carbonyl (C=O) groups excluding carboxylic acids is 1. The van der Waals surface area contributed by atoms with Crippen molar-refractivity contribution in [1.29, 1.82) is 0 Å². The minimum atomic E-state index is -2.58. The lowest BCUT2D eigenvalue weighted by Crippen LogP contribution is -2.41. The van der Waals surface area contributed by atoms with Crippen LogP contribution < -0.4 is 5.73 Å². The summed E-state index contributed by atoms with van der Waals surface area (Å²) in [5, 5.41) is 9.30. The second kappa shape index (κ2) is 4.79. The molecule has 0 heterocycles. The SMILES string of the molecule is NC(CC(F)F)C(O)C(=O)CC1CC1. The maximum atomic E-state index is 11.9. The molecule has 5 heteroatoms.